The van der Waals surface area contributed by atoms with Crippen LogP contribution >= 0.6 is 11.8 Å². The van der Waals surface area contributed by atoms with Gasteiger partial charge in [-0.05, 0) is 48.5 Å². The van der Waals surface area contributed by atoms with Gasteiger partial charge in [0.15, 0.2) is 11.5 Å². The number of hydrogen-bond donors (Lipinski definition) is 3. The van der Waals surface area contributed by atoms with E-state index in [0.29, 0.717) is 38.9 Å². The fourth-order valence-electron chi connectivity index (χ4n) is 3.08. The molecule has 3 aromatic rings. The Kier molecular flexibility index (Phi) is 8.53. The Morgan fingerprint density at radius 1 is 0.794 bits per heavy atom. The summed E-state index contributed by atoms with van der Waals surface area (Å²) in [6.07, 6.45) is 0. The second-order valence-electron chi connectivity index (χ2n) is 7.01. The molecular weight excluding hydrogens is 454 g/mol. The summed E-state index contributed by atoms with van der Waals surface area (Å²) in [6, 6.07) is 18.8. The van der Waals surface area contributed by atoms with Gasteiger partial charge in [-0.2, -0.15) is 0 Å². The van der Waals surface area contributed by atoms with E-state index in [1.807, 2.05) is 6.07 Å². The molecule has 0 bridgehead atoms. The quantitative estimate of drug-likeness (QED) is 0.400. The Morgan fingerprint density at radius 2 is 1.47 bits per heavy atom. The van der Waals surface area contributed by atoms with Crippen LogP contribution in [0.2, 0.25) is 0 Å². The van der Waals surface area contributed by atoms with Crippen LogP contribution in [-0.4, -0.2) is 44.7 Å². The number of carbonyl (C=O) groups is 3. The number of ether oxygens (including phenoxy) is 2. The van der Waals surface area contributed by atoms with Crippen molar-refractivity contribution in [2.45, 2.75) is 4.90 Å². The fraction of sp³-hybridized carbons (Fsp3) is 0.160. The molecule has 0 radical (unpaired) electrons. The highest BCUT2D eigenvalue weighted by atomic mass is 32.2. The molecule has 0 heterocycles. The Bertz CT molecular complexity index is 1180. The van der Waals surface area contributed by atoms with E-state index in [1.165, 1.54) is 18.9 Å². The highest BCUT2D eigenvalue weighted by molar-refractivity contribution is 8.00. The second kappa shape index (κ2) is 11.8. The van der Waals surface area contributed by atoms with Crippen molar-refractivity contribution < 1.29 is 23.9 Å². The first-order chi connectivity index (χ1) is 16.4. The normalized spacial score (nSPS) is 10.2. The van der Waals surface area contributed by atoms with Crippen molar-refractivity contribution in [2.75, 3.05) is 37.7 Å². The van der Waals surface area contributed by atoms with E-state index in [1.54, 1.807) is 74.8 Å². The van der Waals surface area contributed by atoms with Gasteiger partial charge in [0.25, 0.3) is 11.8 Å². The van der Waals surface area contributed by atoms with E-state index < -0.39 is 0 Å². The first-order valence-corrected chi connectivity index (χ1v) is 11.3. The predicted molar refractivity (Wildman–Crippen MR) is 133 cm³/mol. The second-order valence-corrected chi connectivity index (χ2v) is 8.03. The van der Waals surface area contributed by atoms with Gasteiger partial charge in [-0.3, -0.25) is 14.4 Å². The molecule has 0 aliphatic rings. The Balaban J connectivity index is 1.63. The summed E-state index contributed by atoms with van der Waals surface area (Å²) in [5.41, 5.74) is 2.08. The van der Waals surface area contributed by atoms with E-state index in [-0.39, 0.29) is 23.5 Å². The average molecular weight is 480 g/mol. The molecular formula is C25H25N3O5S. The van der Waals surface area contributed by atoms with Gasteiger partial charge in [0.05, 0.1) is 25.5 Å². The molecule has 8 nitrogen and oxygen atoms in total. The van der Waals surface area contributed by atoms with Gasteiger partial charge >= 0.3 is 0 Å². The summed E-state index contributed by atoms with van der Waals surface area (Å²) < 4.78 is 10.5. The molecule has 0 saturated heterocycles. The lowest BCUT2D eigenvalue weighted by Gasteiger charge is -2.12. The van der Waals surface area contributed by atoms with E-state index in [0.717, 1.165) is 0 Å². The van der Waals surface area contributed by atoms with Gasteiger partial charge in [0, 0.05) is 34.9 Å². The monoisotopic (exact) mass is 479 g/mol. The molecule has 0 spiro atoms. The maximum Gasteiger partial charge on any atom is 0.256 e. The minimum Gasteiger partial charge on any atom is -0.493 e. The standard InChI is InChI=1S/C25H25N3O5S/c1-26-24(30)16-8-10-17(11-9-16)28-25(31)19-6-4-5-7-22(19)34-15-23(29)27-18-12-13-20(32-2)21(14-18)33-3/h4-14H,15H2,1-3H3,(H,26,30)(H,27,29)(H,28,31). The highest BCUT2D eigenvalue weighted by Crippen LogP contribution is 2.30. The fourth-order valence-corrected chi connectivity index (χ4v) is 3.93. The van der Waals surface area contributed by atoms with Crippen LogP contribution < -0.4 is 25.4 Å². The summed E-state index contributed by atoms with van der Waals surface area (Å²) in [5.74, 6) is 0.454. The van der Waals surface area contributed by atoms with E-state index in [9.17, 15) is 14.4 Å². The molecule has 3 aromatic carbocycles. The maximum atomic E-state index is 12.8. The Morgan fingerprint density at radius 3 is 2.15 bits per heavy atom. The topological polar surface area (TPSA) is 106 Å². The molecule has 0 atom stereocenters. The summed E-state index contributed by atoms with van der Waals surface area (Å²) >= 11 is 1.26. The highest BCUT2D eigenvalue weighted by Gasteiger charge is 2.14. The summed E-state index contributed by atoms with van der Waals surface area (Å²) in [5, 5.41) is 8.19. The third kappa shape index (κ3) is 6.29. The number of rotatable bonds is 9. The minimum atomic E-state index is -0.309. The van der Waals surface area contributed by atoms with Crippen LogP contribution in [-0.2, 0) is 4.79 Å². The molecule has 0 saturated carbocycles. The number of benzene rings is 3. The van der Waals surface area contributed by atoms with Gasteiger partial charge < -0.3 is 25.4 Å². The minimum absolute atomic E-state index is 0.111. The molecule has 0 aliphatic carbocycles. The van der Waals surface area contributed by atoms with Gasteiger partial charge in [0.1, 0.15) is 0 Å². The van der Waals surface area contributed by atoms with Gasteiger partial charge in [-0.15, -0.1) is 11.8 Å². The third-order valence-corrected chi connectivity index (χ3v) is 5.86. The van der Waals surface area contributed by atoms with Crippen LogP contribution in [0.25, 0.3) is 0 Å². The van der Waals surface area contributed by atoms with Crippen molar-refractivity contribution in [1.82, 2.24) is 5.32 Å². The van der Waals surface area contributed by atoms with E-state index in [4.69, 9.17) is 9.47 Å². The van der Waals surface area contributed by atoms with Crippen molar-refractivity contribution in [3.8, 4) is 11.5 Å². The predicted octanol–water partition coefficient (Wildman–Crippen LogP) is 4.05. The van der Waals surface area contributed by atoms with E-state index >= 15 is 0 Å². The van der Waals surface area contributed by atoms with Crippen molar-refractivity contribution in [2.24, 2.45) is 0 Å². The first kappa shape index (κ1) is 24.7. The SMILES string of the molecule is CNC(=O)c1ccc(NC(=O)c2ccccc2SCC(=O)Nc2ccc(OC)c(OC)c2)cc1. The molecule has 0 aliphatic heterocycles. The third-order valence-electron chi connectivity index (χ3n) is 4.79. The number of hydrogen-bond acceptors (Lipinski definition) is 6. The van der Waals surface area contributed by atoms with Gasteiger partial charge in [-0.1, -0.05) is 12.1 Å². The Hall–Kier alpha value is -3.98. The van der Waals surface area contributed by atoms with Gasteiger partial charge in [0.2, 0.25) is 5.91 Å². The van der Waals surface area contributed by atoms with Crippen LogP contribution in [0, 0.1) is 0 Å². The van der Waals surface area contributed by atoms with Crippen LogP contribution in [0.15, 0.2) is 71.6 Å². The number of thioether (sulfide) groups is 1. The molecule has 176 valence electrons. The van der Waals surface area contributed by atoms with E-state index in [2.05, 4.69) is 16.0 Å². The zero-order valence-electron chi connectivity index (χ0n) is 19.0. The zero-order chi connectivity index (χ0) is 24.5. The van der Waals surface area contributed by atoms with Crippen molar-refractivity contribution in [3.63, 3.8) is 0 Å². The number of methoxy groups -OCH3 is 2. The lowest BCUT2D eigenvalue weighted by molar-refractivity contribution is -0.113. The summed E-state index contributed by atoms with van der Waals surface area (Å²) in [6.45, 7) is 0. The van der Waals surface area contributed by atoms with Crippen LogP contribution in [0.1, 0.15) is 20.7 Å². The van der Waals surface area contributed by atoms with Crippen LogP contribution in [0.5, 0.6) is 11.5 Å². The van der Waals surface area contributed by atoms with Crippen LogP contribution in [0.4, 0.5) is 11.4 Å². The number of nitrogens with one attached hydrogen (secondary N) is 3. The summed E-state index contributed by atoms with van der Waals surface area (Å²) in [7, 11) is 4.62. The zero-order valence-corrected chi connectivity index (χ0v) is 19.8. The largest absolute Gasteiger partial charge is 0.493 e. The molecule has 9 heteroatoms. The van der Waals surface area contributed by atoms with Crippen molar-refractivity contribution in [3.05, 3.63) is 77.9 Å². The Labute approximate surface area is 202 Å². The lowest BCUT2D eigenvalue weighted by Crippen LogP contribution is -2.18. The number of anilines is 2. The first-order valence-electron chi connectivity index (χ1n) is 10.3. The molecule has 0 unspecified atom stereocenters. The summed E-state index contributed by atoms with van der Waals surface area (Å²) in [4.78, 5) is 37.7. The van der Waals surface area contributed by atoms with Crippen LogP contribution in [0.3, 0.4) is 0 Å². The smallest absolute Gasteiger partial charge is 0.256 e. The molecule has 3 rings (SSSR count). The molecule has 3 amide bonds. The number of amides is 3. The number of carbonyl (C=O) groups excluding carboxylic acids is 3. The molecule has 0 fully saturated rings. The lowest BCUT2D eigenvalue weighted by atomic mass is 10.1. The average Bonchev–Trinajstić information content (AvgIpc) is 2.87. The molecule has 0 aromatic heterocycles. The molecule has 3 N–H and O–H groups in total. The molecule has 34 heavy (non-hydrogen) atoms. The van der Waals surface area contributed by atoms with Crippen molar-refractivity contribution in [1.29, 1.82) is 0 Å². The maximum absolute atomic E-state index is 12.8. The van der Waals surface area contributed by atoms with Gasteiger partial charge in [-0.25, -0.2) is 0 Å². The van der Waals surface area contributed by atoms with Crippen molar-refractivity contribution >= 4 is 40.9 Å².